The maximum atomic E-state index is 13.0. The zero-order chi connectivity index (χ0) is 20.4. The highest BCUT2D eigenvalue weighted by molar-refractivity contribution is 7.20. The van der Waals surface area contributed by atoms with Gasteiger partial charge >= 0.3 is 0 Å². The van der Waals surface area contributed by atoms with Crippen molar-refractivity contribution in [3.63, 3.8) is 0 Å². The molecule has 0 unspecified atom stereocenters. The van der Waals surface area contributed by atoms with E-state index in [1.54, 1.807) is 38.7 Å². The molecule has 0 aliphatic carbocycles. The molecule has 8 nitrogen and oxygen atoms in total. The highest BCUT2D eigenvalue weighted by atomic mass is 32.1. The second kappa shape index (κ2) is 8.22. The number of benzene rings is 1. The Morgan fingerprint density at radius 3 is 2.72 bits per heavy atom. The quantitative estimate of drug-likeness (QED) is 0.686. The molecule has 1 saturated heterocycles. The molecular weight excluding hydrogens is 392 g/mol. The summed E-state index contributed by atoms with van der Waals surface area (Å²) in [6.07, 6.45) is 1.55. The number of fused-ring (bicyclic) bond motifs is 1. The Bertz CT molecular complexity index is 1050. The van der Waals surface area contributed by atoms with Gasteiger partial charge in [0.2, 0.25) is 0 Å². The molecule has 3 aromatic rings. The SMILES string of the molecule is COc1ccc(NC(=O)c2sc3ncnc(N4CCOCC4)c3c2C)c(OC)c1. The molecule has 0 radical (unpaired) electrons. The summed E-state index contributed by atoms with van der Waals surface area (Å²) >= 11 is 1.36. The number of anilines is 2. The van der Waals surface area contributed by atoms with E-state index >= 15 is 0 Å². The second-order valence-corrected chi connectivity index (χ2v) is 7.55. The smallest absolute Gasteiger partial charge is 0.266 e. The Balaban J connectivity index is 1.67. The predicted molar refractivity (Wildman–Crippen MR) is 113 cm³/mol. The van der Waals surface area contributed by atoms with Gasteiger partial charge in [-0.2, -0.15) is 0 Å². The van der Waals surface area contributed by atoms with Crippen LogP contribution < -0.4 is 19.7 Å². The summed E-state index contributed by atoms with van der Waals surface area (Å²) in [7, 11) is 3.14. The summed E-state index contributed by atoms with van der Waals surface area (Å²) in [5.74, 6) is 1.84. The van der Waals surface area contributed by atoms with Gasteiger partial charge in [-0.25, -0.2) is 9.97 Å². The Labute approximate surface area is 172 Å². The van der Waals surface area contributed by atoms with Gasteiger partial charge in [0.1, 0.15) is 28.5 Å². The lowest BCUT2D eigenvalue weighted by Gasteiger charge is -2.28. The van der Waals surface area contributed by atoms with Crippen LogP contribution in [0.3, 0.4) is 0 Å². The van der Waals surface area contributed by atoms with Gasteiger partial charge in [-0.05, 0) is 24.6 Å². The van der Waals surface area contributed by atoms with Crippen molar-refractivity contribution in [1.82, 2.24) is 9.97 Å². The lowest BCUT2D eigenvalue weighted by Crippen LogP contribution is -2.36. The van der Waals surface area contributed by atoms with Crippen LogP contribution >= 0.6 is 11.3 Å². The van der Waals surface area contributed by atoms with Gasteiger partial charge in [-0.15, -0.1) is 11.3 Å². The molecule has 0 spiro atoms. The summed E-state index contributed by atoms with van der Waals surface area (Å²) in [5.41, 5.74) is 1.45. The first-order valence-electron chi connectivity index (χ1n) is 9.22. The van der Waals surface area contributed by atoms with Crippen LogP contribution in [0.15, 0.2) is 24.5 Å². The molecule has 1 N–H and O–H groups in total. The molecule has 3 heterocycles. The number of nitrogens with one attached hydrogen (secondary N) is 1. The van der Waals surface area contributed by atoms with Gasteiger partial charge in [-0.1, -0.05) is 0 Å². The Hall–Kier alpha value is -2.91. The first-order chi connectivity index (χ1) is 14.1. The molecule has 1 amide bonds. The molecular formula is C20H22N4O4S. The van der Waals surface area contributed by atoms with E-state index in [-0.39, 0.29) is 5.91 Å². The third kappa shape index (κ3) is 3.70. The number of methoxy groups -OCH3 is 2. The number of aromatic nitrogens is 2. The average molecular weight is 414 g/mol. The molecule has 1 fully saturated rings. The number of ether oxygens (including phenoxy) is 3. The van der Waals surface area contributed by atoms with Crippen molar-refractivity contribution in [3.8, 4) is 11.5 Å². The third-order valence-corrected chi connectivity index (χ3v) is 6.08. The summed E-state index contributed by atoms with van der Waals surface area (Å²) in [4.78, 5) is 25.5. The first kappa shape index (κ1) is 19.4. The molecule has 0 atom stereocenters. The number of thiophene rings is 1. The number of amides is 1. The van der Waals surface area contributed by atoms with E-state index in [0.29, 0.717) is 35.3 Å². The molecule has 152 valence electrons. The zero-order valence-electron chi connectivity index (χ0n) is 16.5. The van der Waals surface area contributed by atoms with Crippen molar-refractivity contribution in [2.24, 2.45) is 0 Å². The third-order valence-electron chi connectivity index (χ3n) is 4.88. The molecule has 9 heteroatoms. The summed E-state index contributed by atoms with van der Waals surface area (Å²) in [6.45, 7) is 4.81. The molecule has 1 aliphatic heterocycles. The number of morpholine rings is 1. The van der Waals surface area contributed by atoms with Crippen LogP contribution in [-0.4, -0.2) is 56.4 Å². The number of aryl methyl sites for hydroxylation is 1. The Kier molecular flexibility index (Phi) is 5.50. The van der Waals surface area contributed by atoms with Gasteiger partial charge in [0.05, 0.1) is 43.4 Å². The lowest BCUT2D eigenvalue weighted by atomic mass is 10.1. The number of nitrogens with zero attached hydrogens (tertiary/aromatic N) is 3. The van der Waals surface area contributed by atoms with Gasteiger partial charge in [0.25, 0.3) is 5.91 Å². The second-order valence-electron chi connectivity index (χ2n) is 6.55. The zero-order valence-corrected chi connectivity index (χ0v) is 17.3. The van der Waals surface area contributed by atoms with Crippen molar-refractivity contribution in [3.05, 3.63) is 35.0 Å². The fraction of sp³-hybridized carbons (Fsp3) is 0.350. The molecule has 1 aliphatic rings. The van der Waals surface area contributed by atoms with Crippen LogP contribution in [0.1, 0.15) is 15.2 Å². The number of carbonyl (C=O) groups is 1. The minimum atomic E-state index is -0.207. The van der Waals surface area contributed by atoms with Crippen LogP contribution in [0.25, 0.3) is 10.2 Å². The van der Waals surface area contributed by atoms with Gasteiger partial charge in [0.15, 0.2) is 0 Å². The molecule has 2 aromatic heterocycles. The van der Waals surface area contributed by atoms with E-state index in [1.165, 1.54) is 11.3 Å². The fourth-order valence-corrected chi connectivity index (χ4v) is 4.40. The van der Waals surface area contributed by atoms with E-state index in [0.717, 1.165) is 34.7 Å². The number of hydrogen-bond acceptors (Lipinski definition) is 8. The number of hydrogen-bond donors (Lipinski definition) is 1. The first-order valence-corrected chi connectivity index (χ1v) is 10.0. The van der Waals surface area contributed by atoms with Gasteiger partial charge in [0, 0.05) is 19.2 Å². The Morgan fingerprint density at radius 1 is 1.21 bits per heavy atom. The van der Waals surface area contributed by atoms with Crippen LogP contribution in [0.2, 0.25) is 0 Å². The van der Waals surface area contributed by atoms with E-state index in [4.69, 9.17) is 14.2 Å². The monoisotopic (exact) mass is 414 g/mol. The van der Waals surface area contributed by atoms with Gasteiger partial charge < -0.3 is 24.4 Å². The summed E-state index contributed by atoms with van der Waals surface area (Å²) in [6, 6.07) is 5.27. The molecule has 1 aromatic carbocycles. The highest BCUT2D eigenvalue weighted by Crippen LogP contribution is 2.36. The highest BCUT2D eigenvalue weighted by Gasteiger charge is 2.23. The van der Waals surface area contributed by atoms with E-state index in [2.05, 4.69) is 20.2 Å². The predicted octanol–water partition coefficient (Wildman–Crippen LogP) is 3.11. The summed E-state index contributed by atoms with van der Waals surface area (Å²) in [5, 5.41) is 3.86. The van der Waals surface area contributed by atoms with Crippen molar-refractivity contribution in [2.45, 2.75) is 6.92 Å². The maximum absolute atomic E-state index is 13.0. The lowest BCUT2D eigenvalue weighted by molar-refractivity contribution is 0.102. The average Bonchev–Trinajstić information content (AvgIpc) is 3.11. The standard InChI is InChI=1S/C20H22N4O4S/c1-12-16-18(24-6-8-28-9-7-24)21-11-22-20(16)29-17(12)19(25)23-14-5-4-13(26-2)10-15(14)27-3/h4-5,10-11H,6-9H2,1-3H3,(H,23,25). The van der Waals surface area contributed by atoms with Crippen LogP contribution in [0, 0.1) is 6.92 Å². The van der Waals surface area contributed by atoms with Crippen LogP contribution in [0.5, 0.6) is 11.5 Å². The Morgan fingerprint density at radius 2 is 2.00 bits per heavy atom. The van der Waals surface area contributed by atoms with Crippen molar-refractivity contribution in [2.75, 3.05) is 50.7 Å². The minimum absolute atomic E-state index is 0.207. The van der Waals surface area contributed by atoms with Crippen molar-refractivity contribution in [1.29, 1.82) is 0 Å². The largest absolute Gasteiger partial charge is 0.497 e. The topological polar surface area (TPSA) is 85.8 Å². The molecule has 4 rings (SSSR count). The molecule has 29 heavy (non-hydrogen) atoms. The van der Waals surface area contributed by atoms with Crippen molar-refractivity contribution >= 4 is 39.0 Å². The van der Waals surface area contributed by atoms with Crippen molar-refractivity contribution < 1.29 is 19.0 Å². The van der Waals surface area contributed by atoms with E-state index < -0.39 is 0 Å². The van der Waals surface area contributed by atoms with E-state index in [9.17, 15) is 4.79 Å². The van der Waals surface area contributed by atoms with E-state index in [1.807, 2.05) is 6.92 Å². The van der Waals surface area contributed by atoms with Gasteiger partial charge in [-0.3, -0.25) is 4.79 Å². The minimum Gasteiger partial charge on any atom is -0.497 e. The normalized spacial score (nSPS) is 14.1. The molecule has 0 bridgehead atoms. The van der Waals surface area contributed by atoms with Crippen LogP contribution in [-0.2, 0) is 4.74 Å². The van der Waals surface area contributed by atoms with Crippen LogP contribution in [0.4, 0.5) is 11.5 Å². The number of carbonyl (C=O) groups excluding carboxylic acids is 1. The fourth-order valence-electron chi connectivity index (χ4n) is 3.37. The summed E-state index contributed by atoms with van der Waals surface area (Å²) < 4.78 is 16.0. The maximum Gasteiger partial charge on any atom is 0.266 e. The number of rotatable bonds is 5. The molecule has 0 saturated carbocycles.